The Balaban J connectivity index is 0.000000120. The molecule has 0 aliphatic heterocycles. The molecule has 0 heterocycles. The summed E-state index contributed by atoms with van der Waals surface area (Å²) in [7, 11) is 0. The van der Waals surface area contributed by atoms with E-state index in [0.29, 0.717) is 0 Å². The fourth-order valence-electron chi connectivity index (χ4n) is 2.03. The molecule has 0 aromatic rings. The summed E-state index contributed by atoms with van der Waals surface area (Å²) in [4.78, 5) is 0. The predicted octanol–water partition coefficient (Wildman–Crippen LogP) is 3.12. The minimum absolute atomic E-state index is 0.0463. The summed E-state index contributed by atoms with van der Waals surface area (Å²) in [6.45, 7) is 2.34. The molecule has 0 unspecified atom stereocenters. The smallest absolute Gasteiger partial charge is 0.0540 e. The molecule has 1 nitrogen and oxygen atoms in total. The Labute approximate surface area is 76.2 Å². The molecule has 0 aromatic carbocycles. The van der Waals surface area contributed by atoms with E-state index in [1.807, 2.05) is 0 Å². The second kappa shape index (κ2) is 5.58. The van der Waals surface area contributed by atoms with Crippen LogP contribution in [0, 0.1) is 5.92 Å². The van der Waals surface area contributed by atoms with Gasteiger partial charge in [-0.1, -0.05) is 45.4 Å². The van der Waals surface area contributed by atoms with Crippen LogP contribution in [0.3, 0.4) is 0 Å². The average Bonchev–Trinajstić information content (AvgIpc) is 2.63. The zero-order valence-corrected chi connectivity index (χ0v) is 8.26. The summed E-state index contributed by atoms with van der Waals surface area (Å²) >= 11 is 0. The van der Waals surface area contributed by atoms with E-state index in [1.165, 1.54) is 38.5 Å². The first-order valence-electron chi connectivity index (χ1n) is 5.47. The fourth-order valence-corrected chi connectivity index (χ4v) is 2.03. The van der Waals surface area contributed by atoms with E-state index in [2.05, 4.69) is 6.92 Å². The summed E-state index contributed by atoms with van der Waals surface area (Å²) < 4.78 is 0. The second-order valence-corrected chi connectivity index (χ2v) is 4.33. The van der Waals surface area contributed by atoms with Gasteiger partial charge >= 0.3 is 0 Å². The number of rotatable bonds is 0. The Morgan fingerprint density at radius 1 is 0.833 bits per heavy atom. The third kappa shape index (κ3) is 4.10. The van der Waals surface area contributed by atoms with Gasteiger partial charge in [0.1, 0.15) is 0 Å². The lowest BCUT2D eigenvalue weighted by Gasteiger charge is -1.91. The molecule has 0 bridgehead atoms. The first-order valence-corrected chi connectivity index (χ1v) is 5.47. The van der Waals surface area contributed by atoms with Crippen LogP contribution in [0.25, 0.3) is 0 Å². The summed E-state index contributed by atoms with van der Waals surface area (Å²) in [5.41, 5.74) is 0. The fraction of sp³-hybridized carbons (Fsp3) is 1.00. The molecule has 2 rings (SSSR count). The Morgan fingerprint density at radius 3 is 1.42 bits per heavy atom. The molecular formula is C11H22O. The van der Waals surface area contributed by atoms with Gasteiger partial charge in [-0.2, -0.15) is 0 Å². The van der Waals surface area contributed by atoms with Crippen LogP contribution in [0.15, 0.2) is 0 Å². The molecule has 0 spiro atoms. The highest BCUT2D eigenvalue weighted by Gasteiger charge is 2.09. The number of aliphatic hydroxyl groups is 1. The predicted molar refractivity (Wildman–Crippen MR) is 52.1 cm³/mol. The van der Waals surface area contributed by atoms with Crippen molar-refractivity contribution in [3.05, 3.63) is 0 Å². The Bertz CT molecular complexity index is 85.6. The van der Waals surface area contributed by atoms with Crippen molar-refractivity contribution < 1.29 is 5.11 Å². The van der Waals surface area contributed by atoms with Crippen molar-refractivity contribution in [2.45, 2.75) is 64.4 Å². The molecule has 0 radical (unpaired) electrons. The summed E-state index contributed by atoms with van der Waals surface area (Å²) in [6.07, 6.45) is 10.6. The van der Waals surface area contributed by atoms with Crippen LogP contribution < -0.4 is 0 Å². The molecule has 72 valence electrons. The Morgan fingerprint density at radius 2 is 1.25 bits per heavy atom. The topological polar surface area (TPSA) is 20.2 Å². The lowest BCUT2D eigenvalue weighted by atomic mass is 10.2. The third-order valence-corrected chi connectivity index (χ3v) is 2.97. The molecule has 2 saturated carbocycles. The molecular weight excluding hydrogens is 148 g/mol. The summed E-state index contributed by atoms with van der Waals surface area (Å²) in [5, 5.41) is 8.73. The Kier molecular flexibility index (Phi) is 4.67. The van der Waals surface area contributed by atoms with Crippen LogP contribution in [0.4, 0.5) is 0 Å². The molecule has 0 saturated heterocycles. The largest absolute Gasteiger partial charge is 0.393 e. The Hall–Kier alpha value is -0.0400. The van der Waals surface area contributed by atoms with Crippen LogP contribution in [-0.2, 0) is 0 Å². The normalized spacial score (nSPS) is 25.5. The number of hydrogen-bond acceptors (Lipinski definition) is 1. The average molecular weight is 170 g/mol. The van der Waals surface area contributed by atoms with Crippen LogP contribution in [0.5, 0.6) is 0 Å². The van der Waals surface area contributed by atoms with E-state index < -0.39 is 0 Å². The number of aliphatic hydroxyl groups excluding tert-OH is 1. The van der Waals surface area contributed by atoms with Crippen molar-refractivity contribution in [3.8, 4) is 0 Å². The van der Waals surface area contributed by atoms with E-state index in [4.69, 9.17) is 5.11 Å². The van der Waals surface area contributed by atoms with Gasteiger partial charge in [-0.05, 0) is 18.8 Å². The molecule has 2 aliphatic carbocycles. The van der Waals surface area contributed by atoms with E-state index >= 15 is 0 Å². The minimum atomic E-state index is 0.0463. The van der Waals surface area contributed by atoms with Gasteiger partial charge in [0.05, 0.1) is 6.10 Å². The second-order valence-electron chi connectivity index (χ2n) is 4.33. The molecule has 0 aromatic heterocycles. The van der Waals surface area contributed by atoms with Gasteiger partial charge in [0.2, 0.25) is 0 Å². The van der Waals surface area contributed by atoms with Crippen molar-refractivity contribution >= 4 is 0 Å². The van der Waals surface area contributed by atoms with Crippen molar-refractivity contribution in [2.75, 3.05) is 0 Å². The van der Waals surface area contributed by atoms with Gasteiger partial charge in [-0.15, -0.1) is 0 Å². The van der Waals surface area contributed by atoms with Gasteiger partial charge in [0.15, 0.2) is 0 Å². The van der Waals surface area contributed by atoms with E-state index in [9.17, 15) is 0 Å². The van der Waals surface area contributed by atoms with Crippen molar-refractivity contribution in [3.63, 3.8) is 0 Å². The van der Waals surface area contributed by atoms with Crippen molar-refractivity contribution in [1.29, 1.82) is 0 Å². The molecule has 0 amide bonds. The first kappa shape index (κ1) is 10.0. The maximum atomic E-state index is 8.73. The quantitative estimate of drug-likeness (QED) is 0.592. The zero-order chi connectivity index (χ0) is 8.81. The summed E-state index contributed by atoms with van der Waals surface area (Å²) in [5.74, 6) is 1.05. The number of hydrogen-bond donors (Lipinski definition) is 1. The molecule has 1 heteroatoms. The maximum absolute atomic E-state index is 8.73. The SMILES string of the molecule is CC1CCCC1.OC1CCCC1. The van der Waals surface area contributed by atoms with Gasteiger partial charge in [-0.3, -0.25) is 0 Å². The highest BCUT2D eigenvalue weighted by Crippen LogP contribution is 2.22. The third-order valence-electron chi connectivity index (χ3n) is 2.97. The van der Waals surface area contributed by atoms with Crippen LogP contribution in [0.2, 0.25) is 0 Å². The first-order chi connectivity index (χ1) is 5.79. The molecule has 2 aliphatic rings. The van der Waals surface area contributed by atoms with Crippen molar-refractivity contribution in [1.82, 2.24) is 0 Å². The lowest BCUT2D eigenvalue weighted by Crippen LogP contribution is -1.94. The van der Waals surface area contributed by atoms with Gasteiger partial charge in [0.25, 0.3) is 0 Å². The lowest BCUT2D eigenvalue weighted by molar-refractivity contribution is 0.183. The molecule has 12 heavy (non-hydrogen) atoms. The van der Waals surface area contributed by atoms with Gasteiger partial charge in [-0.25, -0.2) is 0 Å². The van der Waals surface area contributed by atoms with Crippen LogP contribution in [0.1, 0.15) is 58.3 Å². The van der Waals surface area contributed by atoms with E-state index in [0.717, 1.165) is 18.8 Å². The van der Waals surface area contributed by atoms with Gasteiger partial charge < -0.3 is 5.11 Å². The standard InChI is InChI=1S/C6H12.C5H10O/c1-6-4-2-3-5-6;6-5-3-1-2-4-5/h6H,2-5H2,1H3;5-6H,1-4H2. The molecule has 1 N–H and O–H groups in total. The zero-order valence-electron chi connectivity index (χ0n) is 8.26. The minimum Gasteiger partial charge on any atom is -0.393 e. The molecule has 2 fully saturated rings. The van der Waals surface area contributed by atoms with Crippen LogP contribution in [-0.4, -0.2) is 11.2 Å². The molecule has 0 atom stereocenters. The van der Waals surface area contributed by atoms with E-state index in [1.54, 1.807) is 0 Å². The van der Waals surface area contributed by atoms with E-state index in [-0.39, 0.29) is 6.10 Å². The highest BCUT2D eigenvalue weighted by molar-refractivity contribution is 4.63. The summed E-state index contributed by atoms with van der Waals surface area (Å²) in [6, 6.07) is 0. The van der Waals surface area contributed by atoms with Crippen molar-refractivity contribution in [2.24, 2.45) is 5.92 Å². The van der Waals surface area contributed by atoms with Crippen LogP contribution >= 0.6 is 0 Å². The maximum Gasteiger partial charge on any atom is 0.0540 e. The van der Waals surface area contributed by atoms with Gasteiger partial charge in [0, 0.05) is 0 Å². The highest BCUT2D eigenvalue weighted by atomic mass is 16.3. The monoisotopic (exact) mass is 170 g/mol.